The van der Waals surface area contributed by atoms with E-state index in [9.17, 15) is 18.8 Å². The van der Waals surface area contributed by atoms with Crippen molar-refractivity contribution in [3.8, 4) is 0 Å². The molecule has 2 N–H and O–H groups in total. The van der Waals surface area contributed by atoms with E-state index in [0.717, 1.165) is 6.07 Å². The van der Waals surface area contributed by atoms with Gasteiger partial charge in [0.2, 0.25) is 5.91 Å². The van der Waals surface area contributed by atoms with Crippen LogP contribution in [0.25, 0.3) is 0 Å². The van der Waals surface area contributed by atoms with Crippen LogP contribution in [0.1, 0.15) is 23.7 Å². The topological polar surface area (TPSA) is 95.9 Å². The van der Waals surface area contributed by atoms with Crippen LogP contribution in [0.2, 0.25) is 0 Å². The van der Waals surface area contributed by atoms with Gasteiger partial charge < -0.3 is 20.1 Å². The predicted molar refractivity (Wildman–Crippen MR) is 78.6 cm³/mol. The third kappa shape index (κ3) is 4.26. The van der Waals surface area contributed by atoms with Gasteiger partial charge in [-0.1, -0.05) is 0 Å². The molecule has 1 aromatic carbocycles. The van der Waals surface area contributed by atoms with E-state index >= 15 is 0 Å². The summed E-state index contributed by atoms with van der Waals surface area (Å²) in [4.78, 5) is 36.0. The zero-order valence-corrected chi connectivity index (χ0v) is 12.5. The van der Waals surface area contributed by atoms with Gasteiger partial charge in [0.25, 0.3) is 5.91 Å². The number of anilines is 1. The second kappa shape index (κ2) is 7.19. The van der Waals surface area contributed by atoms with Crippen molar-refractivity contribution in [2.24, 2.45) is 0 Å². The van der Waals surface area contributed by atoms with Gasteiger partial charge in [0.1, 0.15) is 5.82 Å². The summed E-state index contributed by atoms with van der Waals surface area (Å²) < 4.78 is 18.9. The summed E-state index contributed by atoms with van der Waals surface area (Å²) >= 11 is 0. The number of hydrogen-bond donors (Lipinski definition) is 2. The average Bonchev–Trinajstić information content (AvgIpc) is 2.48. The van der Waals surface area contributed by atoms with Crippen molar-refractivity contribution in [3.05, 3.63) is 29.6 Å². The molecule has 0 saturated carbocycles. The van der Waals surface area contributed by atoms with Gasteiger partial charge in [-0.15, -0.1) is 0 Å². The van der Waals surface area contributed by atoms with Crippen molar-refractivity contribution >= 4 is 23.5 Å². The number of morpholine rings is 1. The van der Waals surface area contributed by atoms with Crippen molar-refractivity contribution in [2.75, 3.05) is 25.1 Å². The maximum absolute atomic E-state index is 13.6. The summed E-state index contributed by atoms with van der Waals surface area (Å²) in [6, 6.07) is 3.05. The summed E-state index contributed by atoms with van der Waals surface area (Å²) in [6.45, 7) is 1.93. The number of rotatable bonds is 4. The van der Waals surface area contributed by atoms with Gasteiger partial charge in [0.05, 0.1) is 31.4 Å². The molecule has 2 amide bonds. The van der Waals surface area contributed by atoms with Gasteiger partial charge >= 0.3 is 5.97 Å². The zero-order valence-electron chi connectivity index (χ0n) is 12.5. The summed E-state index contributed by atoms with van der Waals surface area (Å²) in [5.41, 5.74) is 0.0823. The lowest BCUT2D eigenvalue weighted by molar-refractivity contribution is -0.139. The van der Waals surface area contributed by atoms with Crippen molar-refractivity contribution in [1.82, 2.24) is 4.90 Å². The van der Waals surface area contributed by atoms with Crippen LogP contribution < -0.4 is 5.32 Å². The van der Waals surface area contributed by atoms with Gasteiger partial charge in [-0.05, 0) is 18.2 Å². The molecule has 0 aromatic heterocycles. The number of carboxylic acids is 1. The molecule has 0 radical (unpaired) electrons. The zero-order chi connectivity index (χ0) is 17.0. The minimum Gasteiger partial charge on any atom is -0.481 e. The smallest absolute Gasteiger partial charge is 0.305 e. The Balaban J connectivity index is 2.24. The van der Waals surface area contributed by atoms with E-state index in [2.05, 4.69) is 5.32 Å². The molecule has 0 aliphatic carbocycles. The maximum Gasteiger partial charge on any atom is 0.305 e. The Hall–Kier alpha value is -2.48. The molecule has 124 valence electrons. The van der Waals surface area contributed by atoms with Crippen LogP contribution in [0.15, 0.2) is 18.2 Å². The van der Waals surface area contributed by atoms with Crippen LogP contribution in [-0.2, 0) is 14.3 Å². The number of nitrogens with one attached hydrogen (secondary N) is 1. The molecular weight excluding hydrogens is 307 g/mol. The lowest BCUT2D eigenvalue weighted by Gasteiger charge is -2.35. The monoisotopic (exact) mass is 324 g/mol. The fourth-order valence-electron chi connectivity index (χ4n) is 2.40. The van der Waals surface area contributed by atoms with Crippen molar-refractivity contribution in [3.63, 3.8) is 0 Å². The lowest BCUT2D eigenvalue weighted by Crippen LogP contribution is -2.49. The van der Waals surface area contributed by atoms with Gasteiger partial charge in [0, 0.05) is 19.0 Å². The minimum absolute atomic E-state index is 0.0913. The Morgan fingerprint density at radius 1 is 1.43 bits per heavy atom. The number of hydrogen-bond acceptors (Lipinski definition) is 4. The molecule has 1 aromatic rings. The molecule has 1 aliphatic rings. The van der Waals surface area contributed by atoms with E-state index < -0.39 is 29.6 Å². The molecule has 23 heavy (non-hydrogen) atoms. The molecule has 8 heteroatoms. The molecule has 0 bridgehead atoms. The first-order chi connectivity index (χ1) is 10.9. The van der Waals surface area contributed by atoms with Crippen LogP contribution in [-0.4, -0.2) is 53.6 Å². The first kappa shape index (κ1) is 16.9. The van der Waals surface area contributed by atoms with E-state index in [-0.39, 0.29) is 30.8 Å². The highest BCUT2D eigenvalue weighted by Crippen LogP contribution is 2.20. The molecule has 1 heterocycles. The second-order valence-electron chi connectivity index (χ2n) is 5.20. The van der Waals surface area contributed by atoms with Gasteiger partial charge in [0.15, 0.2) is 0 Å². The molecular formula is C15H17FN2O5. The minimum atomic E-state index is -1.03. The first-order valence-corrected chi connectivity index (χ1v) is 7.06. The molecule has 1 saturated heterocycles. The van der Waals surface area contributed by atoms with Crippen LogP contribution in [0.5, 0.6) is 0 Å². The highest BCUT2D eigenvalue weighted by atomic mass is 19.1. The van der Waals surface area contributed by atoms with E-state index in [0.29, 0.717) is 6.61 Å². The quantitative estimate of drug-likeness (QED) is 0.864. The Labute approximate surface area is 132 Å². The Morgan fingerprint density at radius 2 is 2.17 bits per heavy atom. The van der Waals surface area contributed by atoms with Crippen molar-refractivity contribution < 1.29 is 28.6 Å². The number of nitrogens with zero attached hydrogens (tertiary/aromatic N) is 1. The molecule has 1 unspecified atom stereocenters. The summed E-state index contributed by atoms with van der Waals surface area (Å²) in [7, 11) is 0. The van der Waals surface area contributed by atoms with Crippen molar-refractivity contribution in [1.29, 1.82) is 0 Å². The van der Waals surface area contributed by atoms with Gasteiger partial charge in [-0.3, -0.25) is 14.4 Å². The lowest BCUT2D eigenvalue weighted by atomic mass is 10.1. The number of ether oxygens (including phenoxy) is 1. The fourth-order valence-corrected chi connectivity index (χ4v) is 2.40. The Bertz CT molecular complexity index is 634. The number of carboxylic acid groups (broad SMARTS) is 1. The Kier molecular flexibility index (Phi) is 5.28. The highest BCUT2D eigenvalue weighted by molar-refractivity contribution is 5.97. The van der Waals surface area contributed by atoms with E-state index in [1.807, 2.05) is 0 Å². The van der Waals surface area contributed by atoms with Crippen LogP contribution >= 0.6 is 0 Å². The third-order valence-electron chi connectivity index (χ3n) is 3.42. The third-order valence-corrected chi connectivity index (χ3v) is 3.42. The molecule has 1 atom stereocenters. The number of amides is 2. The molecule has 1 fully saturated rings. The van der Waals surface area contributed by atoms with E-state index in [1.165, 1.54) is 24.0 Å². The van der Waals surface area contributed by atoms with E-state index in [4.69, 9.17) is 9.84 Å². The van der Waals surface area contributed by atoms with Crippen LogP contribution in [0.3, 0.4) is 0 Å². The van der Waals surface area contributed by atoms with Crippen molar-refractivity contribution in [2.45, 2.75) is 19.4 Å². The number of halogens is 1. The molecule has 0 spiro atoms. The molecule has 2 rings (SSSR count). The Morgan fingerprint density at radius 3 is 2.83 bits per heavy atom. The normalized spacial score (nSPS) is 17.7. The number of carbonyl (C=O) groups excluding carboxylic acids is 2. The van der Waals surface area contributed by atoms with Crippen LogP contribution in [0.4, 0.5) is 10.1 Å². The van der Waals surface area contributed by atoms with Gasteiger partial charge in [-0.25, -0.2) is 4.39 Å². The number of aliphatic carboxylic acids is 1. The largest absolute Gasteiger partial charge is 0.481 e. The van der Waals surface area contributed by atoms with E-state index in [1.54, 1.807) is 0 Å². The standard InChI is InChI=1S/C15H17FN2O5/c1-9(19)17-13-6-10(2-3-12(13)16)15(22)18-4-5-23-8-11(18)7-14(20)21/h2-3,6,11H,4-5,7-8H2,1H3,(H,17,19)(H,20,21). The molecule has 7 nitrogen and oxygen atoms in total. The first-order valence-electron chi connectivity index (χ1n) is 7.06. The summed E-state index contributed by atoms with van der Waals surface area (Å²) in [5, 5.41) is 11.2. The average molecular weight is 324 g/mol. The van der Waals surface area contributed by atoms with Gasteiger partial charge in [-0.2, -0.15) is 0 Å². The number of benzene rings is 1. The predicted octanol–water partition coefficient (Wildman–Crippen LogP) is 1.10. The highest BCUT2D eigenvalue weighted by Gasteiger charge is 2.30. The molecule has 1 aliphatic heterocycles. The summed E-state index contributed by atoms with van der Waals surface area (Å²) in [5.74, 6) is -2.56. The maximum atomic E-state index is 13.6. The fraction of sp³-hybridized carbons (Fsp3) is 0.400. The second-order valence-corrected chi connectivity index (χ2v) is 5.20. The SMILES string of the molecule is CC(=O)Nc1cc(C(=O)N2CCOCC2CC(=O)O)ccc1F. The summed E-state index contributed by atoms with van der Waals surface area (Å²) in [6.07, 6.45) is -0.231. The van der Waals surface area contributed by atoms with Crippen LogP contribution in [0, 0.1) is 5.82 Å². The number of carbonyl (C=O) groups is 3.